The van der Waals surface area contributed by atoms with E-state index in [-0.39, 0.29) is 6.61 Å². The van der Waals surface area contributed by atoms with Gasteiger partial charge in [-0.1, -0.05) is 24.8 Å². The molecule has 0 spiro atoms. The summed E-state index contributed by atoms with van der Waals surface area (Å²) in [6.45, 7) is 2.05. The first-order valence-electron chi connectivity index (χ1n) is 6.51. The highest BCUT2D eigenvalue weighted by Gasteiger charge is 2.20. The first kappa shape index (κ1) is 14.3. The van der Waals surface area contributed by atoms with Gasteiger partial charge in [0.05, 0.1) is 6.61 Å². The Morgan fingerprint density at radius 3 is 3.00 bits per heavy atom. The number of pyridine rings is 1. The van der Waals surface area contributed by atoms with E-state index in [1.165, 1.54) is 0 Å². The largest absolute Gasteiger partial charge is 0.394 e. The van der Waals surface area contributed by atoms with E-state index in [0.29, 0.717) is 0 Å². The third-order valence-electron chi connectivity index (χ3n) is 3.35. The molecular formula is C13H20N4OS. The molecule has 0 aliphatic heterocycles. The van der Waals surface area contributed by atoms with E-state index in [4.69, 9.17) is 5.73 Å². The topological polar surface area (TPSA) is 76.4 Å². The first-order valence-corrected chi connectivity index (χ1v) is 7.49. The maximum absolute atomic E-state index is 9.25. The molecule has 2 aromatic rings. The van der Waals surface area contributed by atoms with Gasteiger partial charge in [0, 0.05) is 17.5 Å². The van der Waals surface area contributed by atoms with Crippen molar-refractivity contribution in [2.45, 2.75) is 36.9 Å². The van der Waals surface area contributed by atoms with Crippen LogP contribution in [0.25, 0.3) is 5.65 Å². The number of thioether (sulfide) groups is 1. The minimum absolute atomic E-state index is 0.0437. The summed E-state index contributed by atoms with van der Waals surface area (Å²) in [4.78, 5) is 0. The first-order chi connectivity index (χ1) is 9.18. The van der Waals surface area contributed by atoms with Crippen LogP contribution in [0.15, 0.2) is 29.6 Å². The van der Waals surface area contributed by atoms with Gasteiger partial charge in [-0.25, -0.2) is 0 Å². The minimum atomic E-state index is -0.437. The third kappa shape index (κ3) is 3.46. The van der Waals surface area contributed by atoms with Gasteiger partial charge in [-0.05, 0) is 31.4 Å². The summed E-state index contributed by atoms with van der Waals surface area (Å²) in [6.07, 6.45) is 4.54. The predicted octanol–water partition coefficient (Wildman–Crippen LogP) is 1.70. The number of nitrogens with zero attached hydrogens (tertiary/aromatic N) is 3. The van der Waals surface area contributed by atoms with Gasteiger partial charge in [-0.2, -0.15) is 0 Å². The van der Waals surface area contributed by atoms with Crippen LogP contribution in [0.5, 0.6) is 0 Å². The van der Waals surface area contributed by atoms with E-state index >= 15 is 0 Å². The summed E-state index contributed by atoms with van der Waals surface area (Å²) >= 11 is 1.67. The standard InChI is InChI=1S/C13H20N4OS/c1-2-13(14,10-18)7-5-9-19-12-16-15-11-6-3-4-8-17(11)12/h3-4,6,8,18H,2,5,7,9-10,14H2,1H3. The van der Waals surface area contributed by atoms with E-state index < -0.39 is 5.54 Å². The molecule has 0 fully saturated rings. The predicted molar refractivity (Wildman–Crippen MR) is 77.2 cm³/mol. The van der Waals surface area contributed by atoms with Crippen molar-refractivity contribution in [2.24, 2.45) is 5.73 Å². The van der Waals surface area contributed by atoms with E-state index in [0.717, 1.165) is 35.8 Å². The minimum Gasteiger partial charge on any atom is -0.394 e. The molecule has 1 atom stereocenters. The van der Waals surface area contributed by atoms with Gasteiger partial charge in [-0.15, -0.1) is 10.2 Å². The number of aliphatic hydroxyl groups is 1. The summed E-state index contributed by atoms with van der Waals surface area (Å²) in [6, 6.07) is 5.85. The highest BCUT2D eigenvalue weighted by Crippen LogP contribution is 2.21. The molecule has 5 nitrogen and oxygen atoms in total. The molecule has 0 aliphatic rings. The van der Waals surface area contributed by atoms with Gasteiger partial charge in [0.2, 0.25) is 0 Å². The molecule has 0 aromatic carbocycles. The molecule has 0 bridgehead atoms. The lowest BCUT2D eigenvalue weighted by Crippen LogP contribution is -2.42. The lowest BCUT2D eigenvalue weighted by atomic mass is 9.93. The van der Waals surface area contributed by atoms with Crippen LogP contribution in [-0.4, -0.2) is 37.6 Å². The van der Waals surface area contributed by atoms with Crippen molar-refractivity contribution in [2.75, 3.05) is 12.4 Å². The number of nitrogens with two attached hydrogens (primary N) is 1. The SMILES string of the molecule is CCC(N)(CO)CCCSc1nnc2ccccn12. The zero-order chi connectivity index (χ0) is 13.7. The van der Waals surface area contributed by atoms with Crippen LogP contribution in [0.4, 0.5) is 0 Å². The summed E-state index contributed by atoms with van der Waals surface area (Å²) in [7, 11) is 0. The number of fused-ring (bicyclic) bond motifs is 1. The monoisotopic (exact) mass is 280 g/mol. The highest BCUT2D eigenvalue weighted by molar-refractivity contribution is 7.99. The number of rotatable bonds is 7. The van der Waals surface area contributed by atoms with Crippen LogP contribution < -0.4 is 5.73 Å². The van der Waals surface area contributed by atoms with Gasteiger partial charge in [0.15, 0.2) is 10.8 Å². The Balaban J connectivity index is 1.86. The maximum Gasteiger partial charge on any atom is 0.195 e. The Morgan fingerprint density at radius 1 is 1.42 bits per heavy atom. The zero-order valence-corrected chi connectivity index (χ0v) is 11.9. The Kier molecular flexibility index (Phi) is 4.79. The summed E-state index contributed by atoms with van der Waals surface area (Å²) in [5.41, 5.74) is 6.48. The van der Waals surface area contributed by atoms with Gasteiger partial charge < -0.3 is 10.8 Å². The number of aromatic nitrogens is 3. The molecule has 0 saturated carbocycles. The number of hydrogen-bond acceptors (Lipinski definition) is 5. The molecule has 6 heteroatoms. The van der Waals surface area contributed by atoms with E-state index in [2.05, 4.69) is 10.2 Å². The molecule has 2 rings (SSSR count). The lowest BCUT2D eigenvalue weighted by Gasteiger charge is -2.25. The second kappa shape index (κ2) is 6.36. The van der Waals surface area contributed by atoms with Crippen LogP contribution >= 0.6 is 11.8 Å². The number of aliphatic hydroxyl groups excluding tert-OH is 1. The second-order valence-corrected chi connectivity index (χ2v) is 5.80. The maximum atomic E-state index is 9.25. The van der Waals surface area contributed by atoms with E-state index in [1.54, 1.807) is 11.8 Å². The Labute approximate surface area is 117 Å². The molecule has 1 unspecified atom stereocenters. The van der Waals surface area contributed by atoms with Crippen LogP contribution in [0.3, 0.4) is 0 Å². The van der Waals surface area contributed by atoms with Crippen molar-refractivity contribution >= 4 is 17.4 Å². The molecule has 0 amide bonds. The van der Waals surface area contributed by atoms with Crippen LogP contribution in [0.2, 0.25) is 0 Å². The van der Waals surface area contributed by atoms with Crippen LogP contribution in [-0.2, 0) is 0 Å². The van der Waals surface area contributed by atoms with Crippen LogP contribution in [0.1, 0.15) is 26.2 Å². The Hall–Kier alpha value is -1.11. The third-order valence-corrected chi connectivity index (χ3v) is 4.38. The molecule has 2 aromatic heterocycles. The Morgan fingerprint density at radius 2 is 2.26 bits per heavy atom. The van der Waals surface area contributed by atoms with Gasteiger partial charge in [-0.3, -0.25) is 4.40 Å². The second-order valence-electron chi connectivity index (χ2n) is 4.74. The molecule has 0 saturated heterocycles. The van der Waals surface area contributed by atoms with Crippen molar-refractivity contribution in [3.8, 4) is 0 Å². The number of hydrogen-bond donors (Lipinski definition) is 2. The van der Waals surface area contributed by atoms with Crippen molar-refractivity contribution < 1.29 is 5.11 Å². The summed E-state index contributed by atoms with van der Waals surface area (Å²) in [5, 5.41) is 18.4. The fourth-order valence-corrected chi connectivity index (χ4v) is 2.74. The molecule has 0 radical (unpaired) electrons. The quantitative estimate of drug-likeness (QED) is 0.596. The molecular weight excluding hydrogens is 260 g/mol. The van der Waals surface area contributed by atoms with Crippen LogP contribution in [0, 0.1) is 0 Å². The van der Waals surface area contributed by atoms with Crippen molar-refractivity contribution in [3.05, 3.63) is 24.4 Å². The molecule has 19 heavy (non-hydrogen) atoms. The Bertz CT molecular complexity index is 524. The fourth-order valence-electron chi connectivity index (χ4n) is 1.87. The summed E-state index contributed by atoms with van der Waals surface area (Å²) < 4.78 is 1.98. The van der Waals surface area contributed by atoms with Crippen molar-refractivity contribution in [3.63, 3.8) is 0 Å². The normalized spacial score (nSPS) is 14.7. The average molecular weight is 280 g/mol. The molecule has 2 heterocycles. The van der Waals surface area contributed by atoms with E-state index in [1.807, 2.05) is 35.7 Å². The molecule has 3 N–H and O–H groups in total. The average Bonchev–Trinajstić information content (AvgIpc) is 2.87. The highest BCUT2D eigenvalue weighted by atomic mass is 32.2. The smallest absolute Gasteiger partial charge is 0.195 e. The molecule has 104 valence electrons. The van der Waals surface area contributed by atoms with Gasteiger partial charge in [0.25, 0.3) is 0 Å². The van der Waals surface area contributed by atoms with E-state index in [9.17, 15) is 5.11 Å². The van der Waals surface area contributed by atoms with Crippen molar-refractivity contribution in [1.82, 2.24) is 14.6 Å². The van der Waals surface area contributed by atoms with Crippen molar-refractivity contribution in [1.29, 1.82) is 0 Å². The lowest BCUT2D eigenvalue weighted by molar-refractivity contribution is 0.182. The summed E-state index contributed by atoms with van der Waals surface area (Å²) in [5.74, 6) is 0.925. The molecule has 0 aliphatic carbocycles. The fraction of sp³-hybridized carbons (Fsp3) is 0.538. The van der Waals surface area contributed by atoms with Gasteiger partial charge in [0.1, 0.15) is 0 Å². The zero-order valence-electron chi connectivity index (χ0n) is 11.1. The van der Waals surface area contributed by atoms with Gasteiger partial charge >= 0.3 is 0 Å².